The van der Waals surface area contributed by atoms with Crippen LogP contribution in [0.2, 0.25) is 0 Å². The van der Waals surface area contributed by atoms with Gasteiger partial charge in [0.1, 0.15) is 6.04 Å². The summed E-state index contributed by atoms with van der Waals surface area (Å²) in [7, 11) is -3.80. The molecule has 0 aromatic heterocycles. The number of nitrogens with zero attached hydrogens (tertiary/aromatic N) is 2. The van der Waals surface area contributed by atoms with E-state index in [4.69, 9.17) is 5.11 Å². The minimum Gasteiger partial charge on any atom is -0.395 e. The minimum absolute atomic E-state index is 0.0462. The number of piperidine rings is 1. The van der Waals surface area contributed by atoms with E-state index in [1.807, 2.05) is 42.5 Å². The third-order valence-electron chi connectivity index (χ3n) is 5.23. The van der Waals surface area contributed by atoms with Gasteiger partial charge in [0.15, 0.2) is 0 Å². The molecule has 7 heteroatoms. The monoisotopic (exact) mass is 413 g/mol. The van der Waals surface area contributed by atoms with Crippen LogP contribution >= 0.6 is 0 Å². The number of nitriles is 1. The van der Waals surface area contributed by atoms with Gasteiger partial charge in [-0.2, -0.15) is 5.26 Å². The van der Waals surface area contributed by atoms with Gasteiger partial charge in [0.05, 0.1) is 17.6 Å². The third-order valence-corrected chi connectivity index (χ3v) is 6.73. The summed E-state index contributed by atoms with van der Waals surface area (Å²) in [6.45, 7) is 1.49. The van der Waals surface area contributed by atoms with Crippen LogP contribution < -0.4 is 4.72 Å². The second-order valence-electron chi connectivity index (χ2n) is 7.26. The van der Waals surface area contributed by atoms with E-state index in [-0.39, 0.29) is 24.1 Å². The molecule has 2 aromatic carbocycles. The first-order valence-corrected chi connectivity index (χ1v) is 11.5. The molecule has 0 bridgehead atoms. The van der Waals surface area contributed by atoms with Crippen LogP contribution in [0.25, 0.3) is 11.1 Å². The van der Waals surface area contributed by atoms with Crippen LogP contribution in [0.4, 0.5) is 0 Å². The Hall–Kier alpha value is -2.24. The van der Waals surface area contributed by atoms with E-state index in [0.717, 1.165) is 37.1 Å². The smallest absolute Gasteiger partial charge is 0.241 e. The molecule has 0 saturated carbocycles. The zero-order chi connectivity index (χ0) is 20.7. The van der Waals surface area contributed by atoms with Crippen LogP contribution in [0.15, 0.2) is 53.4 Å². The largest absolute Gasteiger partial charge is 0.395 e. The van der Waals surface area contributed by atoms with Crippen molar-refractivity contribution in [3.05, 3.63) is 54.1 Å². The van der Waals surface area contributed by atoms with E-state index in [9.17, 15) is 13.7 Å². The first kappa shape index (κ1) is 21.5. The fourth-order valence-electron chi connectivity index (χ4n) is 3.74. The summed E-state index contributed by atoms with van der Waals surface area (Å²) in [6.07, 6.45) is 3.86. The molecule has 1 aliphatic rings. The fraction of sp³-hybridized carbons (Fsp3) is 0.409. The van der Waals surface area contributed by atoms with Crippen molar-refractivity contribution < 1.29 is 13.5 Å². The highest BCUT2D eigenvalue weighted by Gasteiger charge is 2.23. The van der Waals surface area contributed by atoms with Crippen LogP contribution in [-0.4, -0.2) is 50.7 Å². The summed E-state index contributed by atoms with van der Waals surface area (Å²) in [5.41, 5.74) is 2.22. The minimum atomic E-state index is -3.80. The molecule has 1 saturated heterocycles. The van der Waals surface area contributed by atoms with Gasteiger partial charge in [-0.3, -0.25) is 4.90 Å². The fourth-order valence-corrected chi connectivity index (χ4v) is 5.04. The average molecular weight is 414 g/mol. The number of aliphatic hydroxyl groups excluding tert-OH is 1. The molecular weight excluding hydrogens is 386 g/mol. The summed E-state index contributed by atoms with van der Waals surface area (Å²) in [4.78, 5) is 2.36. The number of sulfonamides is 1. The number of likely N-dealkylation sites (tertiary alicyclic amines) is 1. The molecule has 0 radical (unpaired) electrons. The molecule has 0 aliphatic carbocycles. The quantitative estimate of drug-likeness (QED) is 0.694. The molecule has 0 amide bonds. The van der Waals surface area contributed by atoms with Crippen LogP contribution in [0, 0.1) is 11.3 Å². The number of hydrogen-bond acceptors (Lipinski definition) is 5. The van der Waals surface area contributed by atoms with Crippen LogP contribution in [0.5, 0.6) is 0 Å². The van der Waals surface area contributed by atoms with E-state index in [1.165, 1.54) is 6.42 Å². The Bertz CT molecular complexity index is 949. The number of hydrogen-bond donors (Lipinski definition) is 2. The van der Waals surface area contributed by atoms with Crippen molar-refractivity contribution >= 4 is 10.0 Å². The van der Waals surface area contributed by atoms with Gasteiger partial charge in [0.2, 0.25) is 10.0 Å². The van der Waals surface area contributed by atoms with Crippen molar-refractivity contribution in [2.75, 3.05) is 26.2 Å². The third kappa shape index (κ3) is 5.43. The summed E-state index contributed by atoms with van der Waals surface area (Å²) in [5, 5.41) is 18.7. The molecule has 2 N–H and O–H groups in total. The number of rotatable bonds is 8. The molecule has 3 rings (SSSR count). The summed E-state index contributed by atoms with van der Waals surface area (Å²) >= 11 is 0. The van der Waals surface area contributed by atoms with Crippen LogP contribution in [0.3, 0.4) is 0 Å². The van der Waals surface area contributed by atoms with Crippen molar-refractivity contribution in [1.82, 2.24) is 9.62 Å². The maximum atomic E-state index is 12.9. The SMILES string of the molecule is N#C[C@H](Cc1ccc(-c2ccccc2)c(S(=O)(=O)NCCO)c1)N1CCCCC1. The predicted molar refractivity (Wildman–Crippen MR) is 113 cm³/mol. The summed E-state index contributed by atoms with van der Waals surface area (Å²) in [5.74, 6) is 0. The number of aliphatic hydroxyl groups is 1. The summed E-state index contributed by atoms with van der Waals surface area (Å²) < 4.78 is 28.2. The van der Waals surface area contributed by atoms with E-state index >= 15 is 0 Å². The lowest BCUT2D eigenvalue weighted by Crippen LogP contribution is -2.39. The first-order chi connectivity index (χ1) is 14.0. The van der Waals surface area contributed by atoms with Gasteiger partial charge in [-0.1, -0.05) is 48.9 Å². The van der Waals surface area contributed by atoms with Gasteiger partial charge >= 0.3 is 0 Å². The van der Waals surface area contributed by atoms with Gasteiger partial charge in [-0.15, -0.1) is 0 Å². The van der Waals surface area contributed by atoms with Crippen LogP contribution in [-0.2, 0) is 16.4 Å². The summed E-state index contributed by atoms with van der Waals surface area (Å²) in [6, 6.07) is 16.8. The lowest BCUT2D eigenvalue weighted by atomic mass is 9.99. The topological polar surface area (TPSA) is 93.4 Å². The van der Waals surface area contributed by atoms with Crippen molar-refractivity contribution in [1.29, 1.82) is 5.26 Å². The Morgan fingerprint density at radius 1 is 1.10 bits per heavy atom. The normalized spacial score (nSPS) is 16.3. The van der Waals surface area contributed by atoms with Gasteiger partial charge in [0, 0.05) is 18.5 Å². The Balaban J connectivity index is 1.95. The van der Waals surface area contributed by atoms with E-state index < -0.39 is 10.0 Å². The molecule has 2 aromatic rings. The average Bonchev–Trinajstić information content (AvgIpc) is 2.77. The molecule has 1 aliphatic heterocycles. The van der Waals surface area contributed by atoms with Gasteiger partial charge in [-0.25, -0.2) is 13.1 Å². The van der Waals surface area contributed by atoms with Crippen molar-refractivity contribution in [3.8, 4) is 17.2 Å². The highest BCUT2D eigenvalue weighted by molar-refractivity contribution is 7.89. The van der Waals surface area contributed by atoms with Gasteiger partial charge < -0.3 is 5.11 Å². The Kier molecular flexibility index (Phi) is 7.40. The second kappa shape index (κ2) is 9.99. The van der Waals surface area contributed by atoms with Crippen LogP contribution in [0.1, 0.15) is 24.8 Å². The number of nitrogens with one attached hydrogen (secondary N) is 1. The Morgan fingerprint density at radius 2 is 1.83 bits per heavy atom. The maximum absolute atomic E-state index is 12.9. The van der Waals surface area contributed by atoms with E-state index in [1.54, 1.807) is 6.07 Å². The van der Waals surface area contributed by atoms with Crippen molar-refractivity contribution in [2.24, 2.45) is 0 Å². The molecule has 1 fully saturated rings. The lowest BCUT2D eigenvalue weighted by Gasteiger charge is -2.30. The molecule has 154 valence electrons. The molecule has 6 nitrogen and oxygen atoms in total. The standard InChI is InChI=1S/C22H27N3O3S/c23-17-20(25-12-5-2-6-13-25)15-18-9-10-21(19-7-3-1-4-8-19)22(16-18)29(27,28)24-11-14-26/h1,3-4,7-10,16,20,24,26H,2,5-6,11-15H2/t20-/m0/s1. The maximum Gasteiger partial charge on any atom is 0.241 e. The van der Waals surface area contributed by atoms with Gasteiger partial charge in [0.25, 0.3) is 0 Å². The number of benzene rings is 2. The van der Waals surface area contributed by atoms with Crippen molar-refractivity contribution in [3.63, 3.8) is 0 Å². The predicted octanol–water partition coefficient (Wildman–Crippen LogP) is 2.54. The van der Waals surface area contributed by atoms with E-state index in [0.29, 0.717) is 12.0 Å². The molecule has 0 unspecified atom stereocenters. The second-order valence-corrected chi connectivity index (χ2v) is 9.00. The molecular formula is C22H27N3O3S. The van der Waals surface area contributed by atoms with Gasteiger partial charge in [-0.05, 0) is 43.1 Å². The first-order valence-electron chi connectivity index (χ1n) is 9.97. The lowest BCUT2D eigenvalue weighted by molar-refractivity contribution is 0.194. The molecule has 1 atom stereocenters. The zero-order valence-electron chi connectivity index (χ0n) is 16.4. The molecule has 1 heterocycles. The Morgan fingerprint density at radius 3 is 2.48 bits per heavy atom. The van der Waals surface area contributed by atoms with Crippen molar-refractivity contribution in [2.45, 2.75) is 36.6 Å². The highest BCUT2D eigenvalue weighted by Crippen LogP contribution is 2.29. The zero-order valence-corrected chi connectivity index (χ0v) is 17.2. The molecule has 29 heavy (non-hydrogen) atoms. The molecule has 0 spiro atoms. The Labute approximate surface area is 172 Å². The van der Waals surface area contributed by atoms with E-state index in [2.05, 4.69) is 15.7 Å². The highest BCUT2D eigenvalue weighted by atomic mass is 32.2.